The van der Waals surface area contributed by atoms with Gasteiger partial charge in [0.05, 0.1) is 14.2 Å². The Hall–Kier alpha value is -2.16. The summed E-state index contributed by atoms with van der Waals surface area (Å²) in [7, 11) is 3.41. The molecule has 0 radical (unpaired) electrons. The van der Waals surface area contributed by atoms with Crippen molar-refractivity contribution < 1.29 is 9.47 Å². The maximum absolute atomic E-state index is 5.38. The van der Waals surface area contributed by atoms with Crippen molar-refractivity contribution in [2.45, 2.75) is 39.3 Å². The summed E-state index contributed by atoms with van der Waals surface area (Å²) in [6.45, 7) is 5.39. The maximum Gasteiger partial charge on any atom is 0.120 e. The standard InChI is InChI=1S/C20H27NO2/c1-5-7-16(2)21(18-8-6-9-20(14-18)23-4)15-17-10-12-19(22-3)13-11-17/h6,8-14,16H,5,7,15H2,1-4H3. The van der Waals surface area contributed by atoms with E-state index >= 15 is 0 Å². The molecule has 0 saturated heterocycles. The number of benzene rings is 2. The third kappa shape index (κ3) is 4.65. The molecule has 0 spiro atoms. The van der Waals surface area contributed by atoms with Gasteiger partial charge < -0.3 is 14.4 Å². The highest BCUT2D eigenvalue weighted by Gasteiger charge is 2.15. The van der Waals surface area contributed by atoms with E-state index in [4.69, 9.17) is 9.47 Å². The predicted molar refractivity (Wildman–Crippen MR) is 96.5 cm³/mol. The Bertz CT molecular complexity index is 595. The number of ether oxygens (including phenoxy) is 2. The number of rotatable bonds is 8. The fraction of sp³-hybridized carbons (Fsp3) is 0.400. The van der Waals surface area contributed by atoms with E-state index in [0.717, 1.165) is 24.5 Å². The van der Waals surface area contributed by atoms with Gasteiger partial charge in [0.2, 0.25) is 0 Å². The lowest BCUT2D eigenvalue weighted by molar-refractivity contribution is 0.414. The zero-order valence-corrected chi connectivity index (χ0v) is 14.6. The van der Waals surface area contributed by atoms with E-state index in [1.54, 1.807) is 14.2 Å². The van der Waals surface area contributed by atoms with Gasteiger partial charge in [0.15, 0.2) is 0 Å². The van der Waals surface area contributed by atoms with Crippen LogP contribution in [0.5, 0.6) is 11.5 Å². The molecule has 0 aromatic heterocycles. The van der Waals surface area contributed by atoms with Crippen LogP contribution in [-0.4, -0.2) is 20.3 Å². The summed E-state index contributed by atoms with van der Waals surface area (Å²) in [4.78, 5) is 2.44. The van der Waals surface area contributed by atoms with Crippen LogP contribution in [0.4, 0.5) is 5.69 Å². The van der Waals surface area contributed by atoms with Crippen LogP contribution in [0.2, 0.25) is 0 Å². The average molecular weight is 313 g/mol. The van der Waals surface area contributed by atoms with E-state index in [2.05, 4.69) is 43.0 Å². The Labute approximate surface area is 139 Å². The highest BCUT2D eigenvalue weighted by molar-refractivity contribution is 5.52. The third-order valence-corrected chi connectivity index (χ3v) is 4.14. The van der Waals surface area contributed by atoms with Crippen molar-refractivity contribution in [3.63, 3.8) is 0 Å². The number of nitrogens with zero attached hydrogens (tertiary/aromatic N) is 1. The first kappa shape index (κ1) is 17.2. The van der Waals surface area contributed by atoms with Crippen molar-refractivity contribution in [1.82, 2.24) is 0 Å². The molecule has 23 heavy (non-hydrogen) atoms. The number of methoxy groups -OCH3 is 2. The second-order valence-electron chi connectivity index (χ2n) is 5.82. The Balaban J connectivity index is 2.25. The zero-order valence-electron chi connectivity index (χ0n) is 14.6. The second kappa shape index (κ2) is 8.47. The summed E-state index contributed by atoms with van der Waals surface area (Å²) >= 11 is 0. The van der Waals surface area contributed by atoms with Gasteiger partial charge in [-0.25, -0.2) is 0 Å². The minimum Gasteiger partial charge on any atom is -0.497 e. The molecule has 0 heterocycles. The van der Waals surface area contributed by atoms with Gasteiger partial charge >= 0.3 is 0 Å². The molecular weight excluding hydrogens is 286 g/mol. The van der Waals surface area contributed by atoms with Crippen molar-refractivity contribution >= 4 is 5.69 Å². The van der Waals surface area contributed by atoms with Gasteiger partial charge in [-0.05, 0) is 43.2 Å². The molecule has 0 aliphatic heterocycles. The molecule has 0 fully saturated rings. The van der Waals surface area contributed by atoms with Crippen LogP contribution in [0.3, 0.4) is 0 Å². The fourth-order valence-corrected chi connectivity index (χ4v) is 2.79. The van der Waals surface area contributed by atoms with E-state index in [1.807, 2.05) is 24.3 Å². The van der Waals surface area contributed by atoms with Crippen LogP contribution < -0.4 is 14.4 Å². The van der Waals surface area contributed by atoms with Crippen molar-refractivity contribution in [2.75, 3.05) is 19.1 Å². The highest BCUT2D eigenvalue weighted by atomic mass is 16.5. The molecule has 1 atom stereocenters. The van der Waals surface area contributed by atoms with Gasteiger partial charge in [0, 0.05) is 24.3 Å². The molecule has 0 aliphatic rings. The van der Waals surface area contributed by atoms with Crippen molar-refractivity contribution in [1.29, 1.82) is 0 Å². The van der Waals surface area contributed by atoms with Crippen molar-refractivity contribution in [3.8, 4) is 11.5 Å². The predicted octanol–water partition coefficient (Wildman–Crippen LogP) is 4.90. The monoisotopic (exact) mass is 313 g/mol. The molecule has 0 N–H and O–H groups in total. The van der Waals surface area contributed by atoms with Gasteiger partial charge in [-0.1, -0.05) is 31.5 Å². The molecule has 2 rings (SSSR count). The summed E-state index contributed by atoms with van der Waals surface area (Å²) in [5, 5.41) is 0. The molecule has 3 heteroatoms. The van der Waals surface area contributed by atoms with Gasteiger partial charge in [0.1, 0.15) is 11.5 Å². The number of hydrogen-bond acceptors (Lipinski definition) is 3. The summed E-state index contributed by atoms with van der Waals surface area (Å²) in [5.74, 6) is 1.79. The first-order valence-electron chi connectivity index (χ1n) is 8.21. The lowest BCUT2D eigenvalue weighted by Crippen LogP contribution is -2.32. The van der Waals surface area contributed by atoms with E-state index < -0.39 is 0 Å². The lowest BCUT2D eigenvalue weighted by atomic mass is 10.1. The molecule has 2 aromatic rings. The molecule has 0 amide bonds. The van der Waals surface area contributed by atoms with E-state index in [1.165, 1.54) is 17.7 Å². The molecule has 0 saturated carbocycles. The van der Waals surface area contributed by atoms with Crippen LogP contribution >= 0.6 is 0 Å². The summed E-state index contributed by atoms with van der Waals surface area (Å²) < 4.78 is 10.6. The van der Waals surface area contributed by atoms with E-state index in [0.29, 0.717) is 6.04 Å². The van der Waals surface area contributed by atoms with Gasteiger partial charge in [-0.3, -0.25) is 0 Å². The molecule has 3 nitrogen and oxygen atoms in total. The first-order valence-corrected chi connectivity index (χ1v) is 8.21. The minimum atomic E-state index is 0.467. The number of hydrogen-bond donors (Lipinski definition) is 0. The van der Waals surface area contributed by atoms with Gasteiger partial charge in [-0.2, -0.15) is 0 Å². The smallest absolute Gasteiger partial charge is 0.120 e. The van der Waals surface area contributed by atoms with Crippen LogP contribution in [0, 0.1) is 0 Å². The van der Waals surface area contributed by atoms with Crippen LogP contribution in [0.25, 0.3) is 0 Å². The van der Waals surface area contributed by atoms with Crippen molar-refractivity contribution in [3.05, 3.63) is 54.1 Å². The van der Waals surface area contributed by atoms with Crippen LogP contribution in [0.1, 0.15) is 32.3 Å². The zero-order chi connectivity index (χ0) is 16.7. The summed E-state index contributed by atoms with van der Waals surface area (Å²) in [6.07, 6.45) is 2.33. The highest BCUT2D eigenvalue weighted by Crippen LogP contribution is 2.26. The lowest BCUT2D eigenvalue weighted by Gasteiger charge is -2.32. The van der Waals surface area contributed by atoms with Crippen LogP contribution in [-0.2, 0) is 6.54 Å². The van der Waals surface area contributed by atoms with Crippen molar-refractivity contribution in [2.24, 2.45) is 0 Å². The molecule has 2 aromatic carbocycles. The molecule has 0 bridgehead atoms. The Kier molecular flexibility index (Phi) is 6.33. The summed E-state index contributed by atoms with van der Waals surface area (Å²) in [5.41, 5.74) is 2.47. The third-order valence-electron chi connectivity index (χ3n) is 4.14. The quantitative estimate of drug-likeness (QED) is 0.692. The maximum atomic E-state index is 5.38. The fourth-order valence-electron chi connectivity index (χ4n) is 2.79. The normalized spacial score (nSPS) is 11.8. The average Bonchev–Trinajstić information content (AvgIpc) is 2.60. The van der Waals surface area contributed by atoms with E-state index in [-0.39, 0.29) is 0 Å². The SMILES string of the molecule is CCCC(C)N(Cc1ccc(OC)cc1)c1cccc(OC)c1. The van der Waals surface area contributed by atoms with Gasteiger partial charge in [0.25, 0.3) is 0 Å². The molecule has 1 unspecified atom stereocenters. The summed E-state index contributed by atoms with van der Waals surface area (Å²) in [6, 6.07) is 17.1. The first-order chi connectivity index (χ1) is 11.2. The Morgan fingerprint density at radius 1 is 0.957 bits per heavy atom. The van der Waals surface area contributed by atoms with Crippen LogP contribution in [0.15, 0.2) is 48.5 Å². The second-order valence-corrected chi connectivity index (χ2v) is 5.82. The topological polar surface area (TPSA) is 21.7 Å². The molecule has 0 aliphatic carbocycles. The van der Waals surface area contributed by atoms with E-state index in [9.17, 15) is 0 Å². The largest absolute Gasteiger partial charge is 0.497 e. The minimum absolute atomic E-state index is 0.467. The molecule has 124 valence electrons. The number of anilines is 1. The van der Waals surface area contributed by atoms with Gasteiger partial charge in [-0.15, -0.1) is 0 Å². The Morgan fingerprint density at radius 3 is 2.26 bits per heavy atom. The molecular formula is C20H27NO2. The Morgan fingerprint density at radius 2 is 1.65 bits per heavy atom.